The molecule has 5 heteroatoms. The predicted octanol–water partition coefficient (Wildman–Crippen LogP) is -0.181. The molecule has 100 valence electrons. The fourth-order valence-corrected chi connectivity index (χ4v) is 2.97. The quantitative estimate of drug-likeness (QED) is 0.740. The van der Waals surface area contributed by atoms with E-state index in [1.165, 1.54) is 0 Å². The summed E-state index contributed by atoms with van der Waals surface area (Å²) in [6.07, 6.45) is 4.12. The Balaban J connectivity index is 1.56. The molecule has 0 aromatic rings. The first-order valence-corrected chi connectivity index (χ1v) is 7.04. The van der Waals surface area contributed by atoms with Crippen LogP contribution in [0.5, 0.6) is 0 Å². The lowest BCUT2D eigenvalue weighted by Crippen LogP contribution is -2.54. The second kappa shape index (κ2) is 4.88. The Morgan fingerprint density at radius 1 is 1.11 bits per heavy atom. The van der Waals surface area contributed by atoms with Gasteiger partial charge in [0.25, 0.3) is 0 Å². The second-order valence-electron chi connectivity index (χ2n) is 5.60. The molecular weight excluding hydrogens is 230 g/mol. The minimum atomic E-state index is 0.131. The van der Waals surface area contributed by atoms with Gasteiger partial charge in [0.1, 0.15) is 0 Å². The Morgan fingerprint density at radius 2 is 1.83 bits per heavy atom. The first kappa shape index (κ1) is 12.0. The number of carbonyl (C=O) groups excluding carboxylic acids is 2. The molecule has 0 aromatic heterocycles. The lowest BCUT2D eigenvalue weighted by Gasteiger charge is -2.36. The maximum atomic E-state index is 12.3. The van der Waals surface area contributed by atoms with Crippen LogP contribution in [0.4, 0.5) is 0 Å². The van der Waals surface area contributed by atoms with Crippen molar-refractivity contribution in [3.05, 3.63) is 0 Å². The van der Waals surface area contributed by atoms with Gasteiger partial charge in [-0.25, -0.2) is 0 Å². The molecule has 0 radical (unpaired) electrons. The van der Waals surface area contributed by atoms with Gasteiger partial charge < -0.3 is 15.1 Å². The van der Waals surface area contributed by atoms with Crippen molar-refractivity contribution in [3.63, 3.8) is 0 Å². The first-order chi connectivity index (χ1) is 8.75. The maximum absolute atomic E-state index is 12.3. The Morgan fingerprint density at radius 3 is 2.44 bits per heavy atom. The molecule has 3 aliphatic rings. The summed E-state index contributed by atoms with van der Waals surface area (Å²) < 4.78 is 0. The summed E-state index contributed by atoms with van der Waals surface area (Å²) in [5, 5.41) is 3.27. The van der Waals surface area contributed by atoms with Crippen molar-refractivity contribution < 1.29 is 9.59 Å². The molecule has 0 spiro atoms. The zero-order valence-corrected chi connectivity index (χ0v) is 10.7. The largest absolute Gasteiger partial charge is 0.336 e. The summed E-state index contributed by atoms with van der Waals surface area (Å²) in [4.78, 5) is 28.1. The van der Waals surface area contributed by atoms with Crippen LogP contribution in [0.15, 0.2) is 0 Å². The summed E-state index contributed by atoms with van der Waals surface area (Å²) in [5.41, 5.74) is 0. The number of hydrogen-bond acceptors (Lipinski definition) is 3. The van der Waals surface area contributed by atoms with Crippen LogP contribution < -0.4 is 5.32 Å². The summed E-state index contributed by atoms with van der Waals surface area (Å²) in [6, 6.07) is 0.480. The highest BCUT2D eigenvalue weighted by molar-refractivity contribution is 5.87. The lowest BCUT2D eigenvalue weighted by molar-refractivity contribution is -0.148. The Hall–Kier alpha value is -1.10. The highest BCUT2D eigenvalue weighted by atomic mass is 16.2. The van der Waals surface area contributed by atoms with Crippen LogP contribution in [0.25, 0.3) is 0 Å². The number of piperidine rings is 1. The second-order valence-corrected chi connectivity index (χ2v) is 5.60. The molecule has 1 N–H and O–H groups in total. The van der Waals surface area contributed by atoms with Crippen molar-refractivity contribution in [2.75, 3.05) is 32.7 Å². The van der Waals surface area contributed by atoms with E-state index in [0.29, 0.717) is 12.6 Å². The number of hydrogen-bond donors (Lipinski definition) is 1. The maximum Gasteiger partial charge on any atom is 0.242 e. The van der Waals surface area contributed by atoms with E-state index in [1.54, 1.807) is 4.90 Å². The third-order valence-corrected chi connectivity index (χ3v) is 4.24. The number of amides is 2. The average Bonchev–Trinajstić information content (AvgIpc) is 3.23. The number of nitrogens with one attached hydrogen (secondary N) is 1. The zero-order chi connectivity index (χ0) is 12.5. The van der Waals surface area contributed by atoms with Crippen molar-refractivity contribution in [2.24, 2.45) is 5.92 Å². The average molecular weight is 251 g/mol. The van der Waals surface area contributed by atoms with E-state index in [2.05, 4.69) is 5.32 Å². The van der Waals surface area contributed by atoms with Crippen LogP contribution in [0.3, 0.4) is 0 Å². The lowest BCUT2D eigenvalue weighted by atomic mass is 9.96. The molecule has 0 atom stereocenters. The fraction of sp³-hybridized carbons (Fsp3) is 0.846. The van der Waals surface area contributed by atoms with Gasteiger partial charge in [-0.05, 0) is 38.8 Å². The first-order valence-electron chi connectivity index (χ1n) is 7.04. The van der Waals surface area contributed by atoms with Crippen LogP contribution in [0.2, 0.25) is 0 Å². The van der Waals surface area contributed by atoms with Crippen molar-refractivity contribution in [1.82, 2.24) is 15.1 Å². The van der Waals surface area contributed by atoms with Gasteiger partial charge in [-0.15, -0.1) is 0 Å². The molecule has 3 rings (SSSR count). The Bertz CT molecular complexity index is 348. The van der Waals surface area contributed by atoms with Crippen LogP contribution in [0.1, 0.15) is 25.7 Å². The van der Waals surface area contributed by atoms with Crippen molar-refractivity contribution >= 4 is 11.8 Å². The summed E-state index contributed by atoms with van der Waals surface area (Å²) in [6.45, 7) is 3.61. The topological polar surface area (TPSA) is 52.7 Å². The van der Waals surface area contributed by atoms with E-state index in [1.807, 2.05) is 4.90 Å². The molecule has 2 heterocycles. The van der Waals surface area contributed by atoms with E-state index >= 15 is 0 Å². The smallest absolute Gasteiger partial charge is 0.242 e. The van der Waals surface area contributed by atoms with Gasteiger partial charge >= 0.3 is 0 Å². The molecule has 2 aliphatic heterocycles. The van der Waals surface area contributed by atoms with E-state index < -0.39 is 0 Å². The van der Waals surface area contributed by atoms with Crippen LogP contribution >= 0.6 is 0 Å². The number of rotatable bonds is 2. The normalized spacial score (nSPS) is 26.6. The molecule has 2 saturated heterocycles. The van der Waals surface area contributed by atoms with E-state index in [9.17, 15) is 9.59 Å². The molecule has 1 aliphatic carbocycles. The van der Waals surface area contributed by atoms with E-state index in [0.717, 1.165) is 51.9 Å². The molecule has 0 unspecified atom stereocenters. The number of carbonyl (C=O) groups is 2. The van der Waals surface area contributed by atoms with E-state index in [-0.39, 0.29) is 17.7 Å². The summed E-state index contributed by atoms with van der Waals surface area (Å²) in [7, 11) is 0. The van der Waals surface area contributed by atoms with Crippen molar-refractivity contribution in [1.29, 1.82) is 0 Å². The van der Waals surface area contributed by atoms with Gasteiger partial charge in [0.05, 0.1) is 6.54 Å². The number of piperazine rings is 1. The van der Waals surface area contributed by atoms with Crippen LogP contribution in [-0.2, 0) is 9.59 Å². The van der Waals surface area contributed by atoms with Crippen LogP contribution in [-0.4, -0.2) is 60.4 Å². The van der Waals surface area contributed by atoms with E-state index in [4.69, 9.17) is 0 Å². The summed E-state index contributed by atoms with van der Waals surface area (Å²) in [5.74, 6) is 0.470. The molecule has 1 saturated carbocycles. The standard InChI is InChI=1S/C13H21N3O2/c17-12-9-15(7-8-16(12)11-1-2-11)13(18)10-3-5-14-6-4-10/h10-11,14H,1-9H2. The highest BCUT2D eigenvalue weighted by Crippen LogP contribution is 2.28. The Kier molecular flexibility index (Phi) is 3.24. The molecule has 5 nitrogen and oxygen atoms in total. The fourth-order valence-electron chi connectivity index (χ4n) is 2.97. The zero-order valence-electron chi connectivity index (χ0n) is 10.7. The third kappa shape index (κ3) is 2.36. The third-order valence-electron chi connectivity index (χ3n) is 4.24. The minimum Gasteiger partial charge on any atom is -0.336 e. The van der Waals surface area contributed by atoms with Crippen molar-refractivity contribution in [3.8, 4) is 0 Å². The van der Waals surface area contributed by atoms with Gasteiger partial charge in [-0.2, -0.15) is 0 Å². The van der Waals surface area contributed by atoms with Gasteiger partial charge in [-0.1, -0.05) is 0 Å². The molecule has 3 fully saturated rings. The number of nitrogens with zero attached hydrogens (tertiary/aromatic N) is 2. The summed E-state index contributed by atoms with van der Waals surface area (Å²) >= 11 is 0. The molecular formula is C13H21N3O2. The SMILES string of the molecule is O=C(C1CCNCC1)N1CCN(C2CC2)C(=O)C1. The van der Waals surface area contributed by atoms with Crippen molar-refractivity contribution in [2.45, 2.75) is 31.7 Å². The molecule has 0 bridgehead atoms. The molecule has 0 aromatic carbocycles. The Labute approximate surface area is 107 Å². The van der Waals surface area contributed by atoms with Gasteiger partial charge in [0, 0.05) is 25.0 Å². The highest BCUT2D eigenvalue weighted by Gasteiger charge is 2.38. The predicted molar refractivity (Wildman–Crippen MR) is 66.9 cm³/mol. The van der Waals surface area contributed by atoms with Gasteiger partial charge in [0.2, 0.25) is 11.8 Å². The van der Waals surface area contributed by atoms with Gasteiger partial charge in [-0.3, -0.25) is 9.59 Å². The van der Waals surface area contributed by atoms with Crippen LogP contribution in [0, 0.1) is 5.92 Å². The molecule has 2 amide bonds. The minimum absolute atomic E-state index is 0.131. The molecule has 18 heavy (non-hydrogen) atoms. The van der Waals surface area contributed by atoms with Gasteiger partial charge in [0.15, 0.2) is 0 Å². The monoisotopic (exact) mass is 251 g/mol.